The SMILES string of the molecule is CC.CC(=O)N[C@@H](C)c1ccccc1.CCCCCC. The molecule has 0 aromatic heterocycles. The molecule has 1 atom stereocenters. The van der Waals surface area contributed by atoms with Gasteiger partial charge in [-0.05, 0) is 12.5 Å². The molecule has 0 aliphatic rings. The van der Waals surface area contributed by atoms with Gasteiger partial charge in [-0.15, -0.1) is 0 Å². The number of hydrogen-bond acceptors (Lipinski definition) is 1. The van der Waals surface area contributed by atoms with Crippen molar-refractivity contribution in [2.75, 3.05) is 0 Å². The molecule has 20 heavy (non-hydrogen) atoms. The van der Waals surface area contributed by atoms with Gasteiger partial charge in [-0.3, -0.25) is 4.79 Å². The fourth-order valence-electron chi connectivity index (χ4n) is 1.63. The summed E-state index contributed by atoms with van der Waals surface area (Å²) in [6.07, 6.45) is 5.54. The zero-order chi connectivity index (χ0) is 15.8. The van der Waals surface area contributed by atoms with Gasteiger partial charge in [0.05, 0.1) is 6.04 Å². The molecule has 1 aromatic carbocycles. The van der Waals surface area contributed by atoms with E-state index in [2.05, 4.69) is 19.2 Å². The molecule has 0 fully saturated rings. The van der Waals surface area contributed by atoms with Crippen LogP contribution < -0.4 is 5.32 Å². The number of nitrogens with one attached hydrogen (secondary N) is 1. The van der Waals surface area contributed by atoms with Crippen molar-refractivity contribution < 1.29 is 4.79 Å². The molecule has 1 amide bonds. The Kier molecular flexibility index (Phi) is 16.5. The highest BCUT2D eigenvalue weighted by Crippen LogP contribution is 2.10. The molecule has 0 radical (unpaired) electrons. The molecule has 0 aliphatic carbocycles. The van der Waals surface area contributed by atoms with Crippen LogP contribution in [0.5, 0.6) is 0 Å². The van der Waals surface area contributed by atoms with E-state index in [4.69, 9.17) is 0 Å². The average Bonchev–Trinajstić information content (AvgIpc) is 2.48. The first-order valence-corrected chi connectivity index (χ1v) is 7.93. The lowest BCUT2D eigenvalue weighted by Crippen LogP contribution is -2.23. The summed E-state index contributed by atoms with van der Waals surface area (Å²) < 4.78 is 0. The van der Waals surface area contributed by atoms with Crippen molar-refractivity contribution >= 4 is 5.91 Å². The van der Waals surface area contributed by atoms with E-state index in [-0.39, 0.29) is 11.9 Å². The highest BCUT2D eigenvalue weighted by Gasteiger charge is 2.03. The molecule has 1 N–H and O–H groups in total. The first-order chi connectivity index (χ1) is 9.61. The molecule has 0 heterocycles. The third-order valence-corrected chi connectivity index (χ3v) is 2.68. The third-order valence-electron chi connectivity index (χ3n) is 2.68. The Morgan fingerprint density at radius 3 is 1.85 bits per heavy atom. The van der Waals surface area contributed by atoms with Crippen LogP contribution in [0.4, 0.5) is 0 Å². The fourth-order valence-corrected chi connectivity index (χ4v) is 1.63. The van der Waals surface area contributed by atoms with Gasteiger partial charge in [0.15, 0.2) is 0 Å². The quantitative estimate of drug-likeness (QED) is 0.709. The molecule has 2 nitrogen and oxygen atoms in total. The van der Waals surface area contributed by atoms with Crippen molar-refractivity contribution in [2.45, 2.75) is 73.3 Å². The minimum absolute atomic E-state index is 0.00588. The van der Waals surface area contributed by atoms with E-state index in [0.29, 0.717) is 0 Å². The molecule has 116 valence electrons. The van der Waals surface area contributed by atoms with Crippen molar-refractivity contribution in [2.24, 2.45) is 0 Å². The molecule has 1 rings (SSSR count). The highest BCUT2D eigenvalue weighted by molar-refractivity contribution is 5.73. The van der Waals surface area contributed by atoms with Crippen LogP contribution in [0.2, 0.25) is 0 Å². The molecule has 0 spiro atoms. The van der Waals surface area contributed by atoms with Crippen molar-refractivity contribution in [1.82, 2.24) is 5.32 Å². The molecule has 1 aromatic rings. The summed E-state index contributed by atoms with van der Waals surface area (Å²) in [7, 11) is 0. The lowest BCUT2D eigenvalue weighted by molar-refractivity contribution is -0.119. The van der Waals surface area contributed by atoms with E-state index in [1.54, 1.807) is 0 Å². The van der Waals surface area contributed by atoms with E-state index in [1.165, 1.54) is 32.6 Å². The summed E-state index contributed by atoms with van der Waals surface area (Å²) in [5.74, 6) is 0.00588. The Hall–Kier alpha value is -1.31. The lowest BCUT2D eigenvalue weighted by atomic mass is 10.1. The Morgan fingerprint density at radius 1 is 1.05 bits per heavy atom. The van der Waals surface area contributed by atoms with Gasteiger partial charge < -0.3 is 5.32 Å². The number of benzene rings is 1. The molecular weight excluding hydrogens is 246 g/mol. The van der Waals surface area contributed by atoms with Gasteiger partial charge in [-0.25, -0.2) is 0 Å². The maximum absolute atomic E-state index is 10.7. The number of hydrogen-bond donors (Lipinski definition) is 1. The summed E-state index contributed by atoms with van der Waals surface area (Å²) in [6.45, 7) is 12.0. The second kappa shape index (κ2) is 15.7. The van der Waals surface area contributed by atoms with Crippen molar-refractivity contribution in [3.8, 4) is 0 Å². The Balaban J connectivity index is 0. The van der Waals surface area contributed by atoms with Crippen LogP contribution >= 0.6 is 0 Å². The average molecular weight is 279 g/mol. The maximum Gasteiger partial charge on any atom is 0.217 e. The number of carbonyl (C=O) groups excluding carboxylic acids is 1. The van der Waals surface area contributed by atoms with Crippen molar-refractivity contribution in [3.63, 3.8) is 0 Å². The number of rotatable bonds is 5. The highest BCUT2D eigenvalue weighted by atomic mass is 16.1. The maximum atomic E-state index is 10.7. The monoisotopic (exact) mass is 279 g/mol. The van der Waals surface area contributed by atoms with Gasteiger partial charge in [0.1, 0.15) is 0 Å². The Bertz CT molecular complexity index is 304. The number of unbranched alkanes of at least 4 members (excludes halogenated alkanes) is 3. The van der Waals surface area contributed by atoms with Crippen LogP contribution in [0.1, 0.15) is 78.8 Å². The number of amides is 1. The second-order valence-electron chi connectivity index (χ2n) is 4.54. The summed E-state index contributed by atoms with van der Waals surface area (Å²) in [4.78, 5) is 10.7. The minimum atomic E-state index is 0.00588. The summed E-state index contributed by atoms with van der Waals surface area (Å²) in [5.41, 5.74) is 1.13. The molecule has 0 saturated carbocycles. The Labute approximate surface area is 126 Å². The zero-order valence-electron chi connectivity index (χ0n) is 14.2. The van der Waals surface area contributed by atoms with Crippen LogP contribution in [0.3, 0.4) is 0 Å². The minimum Gasteiger partial charge on any atom is -0.350 e. The Morgan fingerprint density at radius 2 is 1.50 bits per heavy atom. The second-order valence-corrected chi connectivity index (χ2v) is 4.54. The van der Waals surface area contributed by atoms with Gasteiger partial charge in [-0.2, -0.15) is 0 Å². The van der Waals surface area contributed by atoms with Gasteiger partial charge in [0.2, 0.25) is 5.91 Å². The molecule has 2 heteroatoms. The van der Waals surface area contributed by atoms with Gasteiger partial charge in [0.25, 0.3) is 0 Å². The largest absolute Gasteiger partial charge is 0.350 e. The van der Waals surface area contributed by atoms with Crippen LogP contribution in [0.15, 0.2) is 30.3 Å². The van der Waals surface area contributed by atoms with Crippen LogP contribution in [0, 0.1) is 0 Å². The molecule has 0 aliphatic heterocycles. The first-order valence-electron chi connectivity index (χ1n) is 7.93. The van der Waals surface area contributed by atoms with E-state index in [1.807, 2.05) is 51.1 Å². The van der Waals surface area contributed by atoms with E-state index >= 15 is 0 Å². The van der Waals surface area contributed by atoms with Crippen LogP contribution in [-0.4, -0.2) is 5.91 Å². The zero-order valence-corrected chi connectivity index (χ0v) is 14.2. The molecule has 0 unspecified atom stereocenters. The smallest absolute Gasteiger partial charge is 0.217 e. The van der Waals surface area contributed by atoms with E-state index < -0.39 is 0 Å². The molecular formula is C18H33NO. The van der Waals surface area contributed by atoms with Gasteiger partial charge in [-0.1, -0.05) is 83.7 Å². The van der Waals surface area contributed by atoms with Crippen molar-refractivity contribution in [3.05, 3.63) is 35.9 Å². The predicted molar refractivity (Wildman–Crippen MR) is 89.8 cm³/mol. The predicted octanol–water partition coefficient (Wildman–Crippen LogP) is 5.50. The fraction of sp³-hybridized carbons (Fsp3) is 0.611. The van der Waals surface area contributed by atoms with Crippen LogP contribution in [-0.2, 0) is 4.79 Å². The summed E-state index contributed by atoms with van der Waals surface area (Å²) in [6, 6.07) is 10.00. The third kappa shape index (κ3) is 13.1. The first kappa shape index (κ1) is 21.0. The topological polar surface area (TPSA) is 29.1 Å². The summed E-state index contributed by atoms with van der Waals surface area (Å²) in [5, 5.41) is 2.82. The van der Waals surface area contributed by atoms with Crippen LogP contribution in [0.25, 0.3) is 0 Å². The van der Waals surface area contributed by atoms with E-state index in [9.17, 15) is 4.79 Å². The van der Waals surface area contributed by atoms with Gasteiger partial charge in [0, 0.05) is 6.92 Å². The van der Waals surface area contributed by atoms with E-state index in [0.717, 1.165) is 5.56 Å². The number of carbonyl (C=O) groups is 1. The van der Waals surface area contributed by atoms with Gasteiger partial charge >= 0.3 is 0 Å². The summed E-state index contributed by atoms with van der Waals surface area (Å²) >= 11 is 0. The standard InChI is InChI=1S/C10H13NO.C6H14.C2H6/c1-8(11-9(2)12)10-6-4-3-5-7-10;1-3-5-6-4-2;1-2/h3-8H,1-2H3,(H,11,12);3-6H2,1-2H3;1-2H3/t8-;;/m0../s1. The molecule has 0 saturated heterocycles. The molecule has 0 bridgehead atoms. The normalized spacial score (nSPS) is 10.3. The van der Waals surface area contributed by atoms with Crippen molar-refractivity contribution in [1.29, 1.82) is 0 Å². The lowest BCUT2D eigenvalue weighted by Gasteiger charge is -2.11.